The second-order valence-electron chi connectivity index (χ2n) is 4.30. The van der Waals surface area contributed by atoms with E-state index in [1.807, 2.05) is 12.1 Å². The van der Waals surface area contributed by atoms with Gasteiger partial charge in [-0.3, -0.25) is 0 Å². The van der Waals surface area contributed by atoms with Crippen molar-refractivity contribution in [3.63, 3.8) is 0 Å². The molecule has 1 aromatic heterocycles. The number of benzene rings is 1. The van der Waals surface area contributed by atoms with Crippen molar-refractivity contribution < 1.29 is 5.11 Å². The SMILES string of the molecule is Oc1cccc(Nc2cc3c(nn2)CNCC3)c1. The lowest BCUT2D eigenvalue weighted by Crippen LogP contribution is -2.25. The van der Waals surface area contributed by atoms with Crippen molar-refractivity contribution in [3.8, 4) is 5.75 Å². The molecule has 0 radical (unpaired) electrons. The van der Waals surface area contributed by atoms with Gasteiger partial charge in [0, 0.05) is 18.3 Å². The van der Waals surface area contributed by atoms with Gasteiger partial charge in [0.25, 0.3) is 0 Å². The second kappa shape index (κ2) is 4.62. The van der Waals surface area contributed by atoms with E-state index in [4.69, 9.17) is 0 Å². The summed E-state index contributed by atoms with van der Waals surface area (Å²) < 4.78 is 0. The lowest BCUT2D eigenvalue weighted by Gasteiger charge is -2.16. The van der Waals surface area contributed by atoms with Gasteiger partial charge in [0.1, 0.15) is 5.75 Å². The zero-order valence-corrected chi connectivity index (χ0v) is 9.85. The zero-order valence-electron chi connectivity index (χ0n) is 9.85. The summed E-state index contributed by atoms with van der Waals surface area (Å²) in [5.41, 5.74) is 3.05. The van der Waals surface area contributed by atoms with Crippen LogP contribution in [0.4, 0.5) is 11.5 Å². The number of anilines is 2. The molecule has 3 rings (SSSR count). The first-order valence-electron chi connectivity index (χ1n) is 5.93. The van der Waals surface area contributed by atoms with E-state index in [0.717, 1.165) is 30.9 Å². The Morgan fingerprint density at radius 1 is 1.22 bits per heavy atom. The van der Waals surface area contributed by atoms with E-state index in [-0.39, 0.29) is 5.75 Å². The van der Waals surface area contributed by atoms with Crippen LogP contribution in [0.15, 0.2) is 30.3 Å². The molecule has 92 valence electrons. The number of nitrogens with one attached hydrogen (secondary N) is 2. The lowest BCUT2D eigenvalue weighted by molar-refractivity contribution is 0.475. The molecule has 0 unspecified atom stereocenters. The van der Waals surface area contributed by atoms with Crippen LogP contribution < -0.4 is 10.6 Å². The summed E-state index contributed by atoms with van der Waals surface area (Å²) in [6.45, 7) is 1.76. The number of phenolic OH excluding ortho intramolecular Hbond substituents is 1. The summed E-state index contributed by atoms with van der Waals surface area (Å²) in [6.07, 6.45) is 0.972. The normalized spacial score (nSPS) is 14.0. The third kappa shape index (κ3) is 2.26. The van der Waals surface area contributed by atoms with Crippen molar-refractivity contribution in [2.45, 2.75) is 13.0 Å². The number of aromatic nitrogens is 2. The molecule has 0 fully saturated rings. The van der Waals surface area contributed by atoms with Crippen molar-refractivity contribution in [3.05, 3.63) is 41.6 Å². The number of hydrogen-bond acceptors (Lipinski definition) is 5. The first kappa shape index (κ1) is 11.0. The summed E-state index contributed by atoms with van der Waals surface area (Å²) in [4.78, 5) is 0. The van der Waals surface area contributed by atoms with E-state index in [2.05, 4.69) is 20.8 Å². The fraction of sp³-hybridized carbons (Fsp3) is 0.231. The van der Waals surface area contributed by atoms with E-state index >= 15 is 0 Å². The topological polar surface area (TPSA) is 70.1 Å². The van der Waals surface area contributed by atoms with E-state index in [1.165, 1.54) is 5.56 Å². The fourth-order valence-electron chi connectivity index (χ4n) is 2.04. The molecule has 18 heavy (non-hydrogen) atoms. The minimum atomic E-state index is 0.232. The Morgan fingerprint density at radius 2 is 2.17 bits per heavy atom. The van der Waals surface area contributed by atoms with Gasteiger partial charge in [0.05, 0.1) is 5.69 Å². The number of hydrogen-bond donors (Lipinski definition) is 3. The number of nitrogens with zero attached hydrogens (tertiary/aromatic N) is 2. The predicted octanol–water partition coefficient (Wildman–Crippen LogP) is 1.57. The average molecular weight is 242 g/mol. The van der Waals surface area contributed by atoms with Crippen molar-refractivity contribution >= 4 is 11.5 Å². The van der Waals surface area contributed by atoms with Gasteiger partial charge in [-0.05, 0) is 36.7 Å². The van der Waals surface area contributed by atoms with Gasteiger partial charge in [-0.25, -0.2) is 0 Å². The van der Waals surface area contributed by atoms with Crippen LogP contribution in [-0.4, -0.2) is 21.8 Å². The Kier molecular flexibility index (Phi) is 2.82. The third-order valence-electron chi connectivity index (χ3n) is 2.94. The summed E-state index contributed by atoms with van der Waals surface area (Å²) in [5.74, 6) is 0.941. The molecule has 3 N–H and O–H groups in total. The van der Waals surface area contributed by atoms with Crippen molar-refractivity contribution in [2.24, 2.45) is 0 Å². The summed E-state index contributed by atoms with van der Waals surface area (Å²) in [6, 6.07) is 8.97. The minimum absolute atomic E-state index is 0.232. The molecule has 0 atom stereocenters. The monoisotopic (exact) mass is 242 g/mol. The third-order valence-corrected chi connectivity index (χ3v) is 2.94. The number of phenols is 1. The molecule has 0 amide bonds. The maximum absolute atomic E-state index is 9.40. The summed E-state index contributed by atoms with van der Waals surface area (Å²) >= 11 is 0. The molecule has 0 saturated carbocycles. The Bertz CT molecular complexity index is 571. The standard InChI is InChI=1S/C13H14N4O/c18-11-3-1-2-10(7-11)15-13-6-9-4-5-14-8-12(9)16-17-13/h1-3,6-7,14,18H,4-5,8H2,(H,15,17). The van der Waals surface area contributed by atoms with Crippen LogP contribution in [0.2, 0.25) is 0 Å². The molecule has 2 heterocycles. The minimum Gasteiger partial charge on any atom is -0.508 e. The summed E-state index contributed by atoms with van der Waals surface area (Å²) in [7, 11) is 0. The predicted molar refractivity (Wildman–Crippen MR) is 68.8 cm³/mol. The van der Waals surface area contributed by atoms with E-state index in [0.29, 0.717) is 5.82 Å². The smallest absolute Gasteiger partial charge is 0.153 e. The quantitative estimate of drug-likeness (QED) is 0.745. The van der Waals surface area contributed by atoms with Gasteiger partial charge in [-0.1, -0.05) is 6.07 Å². The van der Waals surface area contributed by atoms with Gasteiger partial charge in [-0.15, -0.1) is 5.10 Å². The van der Waals surface area contributed by atoms with E-state index in [9.17, 15) is 5.11 Å². The van der Waals surface area contributed by atoms with Gasteiger partial charge in [0.2, 0.25) is 0 Å². The Labute approximate surface area is 105 Å². The van der Waals surface area contributed by atoms with Crippen LogP contribution in [0.1, 0.15) is 11.3 Å². The number of aromatic hydroxyl groups is 1. The number of fused-ring (bicyclic) bond motifs is 1. The Morgan fingerprint density at radius 3 is 3.06 bits per heavy atom. The maximum atomic E-state index is 9.40. The van der Waals surface area contributed by atoms with Crippen molar-refractivity contribution in [1.82, 2.24) is 15.5 Å². The highest BCUT2D eigenvalue weighted by atomic mass is 16.3. The van der Waals surface area contributed by atoms with Crippen LogP contribution in [0.5, 0.6) is 5.75 Å². The summed E-state index contributed by atoms with van der Waals surface area (Å²) in [5, 5.41) is 24.1. The van der Waals surface area contributed by atoms with Crippen molar-refractivity contribution in [1.29, 1.82) is 0 Å². The van der Waals surface area contributed by atoms with Gasteiger partial charge in [-0.2, -0.15) is 5.10 Å². The van der Waals surface area contributed by atoms with Gasteiger partial charge in [0.15, 0.2) is 5.82 Å². The van der Waals surface area contributed by atoms with Crippen LogP contribution in [0.25, 0.3) is 0 Å². The van der Waals surface area contributed by atoms with Gasteiger partial charge < -0.3 is 15.7 Å². The maximum Gasteiger partial charge on any atom is 0.153 e. The molecule has 0 bridgehead atoms. The van der Waals surface area contributed by atoms with Gasteiger partial charge >= 0.3 is 0 Å². The largest absolute Gasteiger partial charge is 0.508 e. The first-order valence-corrected chi connectivity index (χ1v) is 5.93. The highest BCUT2D eigenvalue weighted by Gasteiger charge is 2.11. The van der Waals surface area contributed by atoms with Crippen LogP contribution in [0.3, 0.4) is 0 Å². The zero-order chi connectivity index (χ0) is 12.4. The molecule has 0 spiro atoms. The first-order chi connectivity index (χ1) is 8.81. The second-order valence-corrected chi connectivity index (χ2v) is 4.30. The van der Waals surface area contributed by atoms with Crippen molar-refractivity contribution in [2.75, 3.05) is 11.9 Å². The highest BCUT2D eigenvalue weighted by Crippen LogP contribution is 2.21. The molecule has 5 nitrogen and oxygen atoms in total. The Hall–Kier alpha value is -2.14. The van der Waals surface area contributed by atoms with Crippen LogP contribution in [-0.2, 0) is 13.0 Å². The molecule has 0 aliphatic carbocycles. The molecule has 5 heteroatoms. The number of rotatable bonds is 2. The lowest BCUT2D eigenvalue weighted by atomic mass is 10.1. The molecule has 0 saturated heterocycles. The molecule has 1 aliphatic heterocycles. The Balaban J connectivity index is 1.85. The van der Waals surface area contributed by atoms with E-state index < -0.39 is 0 Å². The molecule has 1 aromatic carbocycles. The molecular formula is C13H14N4O. The molecular weight excluding hydrogens is 228 g/mol. The molecule has 2 aromatic rings. The van der Waals surface area contributed by atoms with Crippen LogP contribution >= 0.6 is 0 Å². The van der Waals surface area contributed by atoms with E-state index in [1.54, 1.807) is 18.2 Å². The molecule has 1 aliphatic rings. The fourth-order valence-corrected chi connectivity index (χ4v) is 2.04. The highest BCUT2D eigenvalue weighted by molar-refractivity contribution is 5.58. The average Bonchev–Trinajstić information content (AvgIpc) is 2.39. The van der Waals surface area contributed by atoms with Crippen LogP contribution in [0, 0.1) is 0 Å².